The molecule has 2 unspecified atom stereocenters. The number of hydrogen-bond donors (Lipinski definition) is 3. The monoisotopic (exact) mass is 189 g/mol. The maximum absolute atomic E-state index is 10.5. The molecular formula is C8H15NO4. The number of ether oxygens (including phenoxy) is 1. The maximum Gasteiger partial charge on any atom is 0.334 e. The standard InChI is InChI=1S/C8H15NO4/c9-8(6(10)7(11)12)2-1-4-13-5-3-8/h6,10H,1-5,9H2,(H,11,12). The van der Waals surface area contributed by atoms with Gasteiger partial charge in [-0.05, 0) is 19.3 Å². The Hall–Kier alpha value is -0.650. The molecule has 0 amide bonds. The fourth-order valence-electron chi connectivity index (χ4n) is 1.51. The highest BCUT2D eigenvalue weighted by Gasteiger charge is 2.38. The average molecular weight is 189 g/mol. The lowest BCUT2D eigenvalue weighted by atomic mass is 9.86. The lowest BCUT2D eigenvalue weighted by Gasteiger charge is -2.29. The summed E-state index contributed by atoms with van der Waals surface area (Å²) in [4.78, 5) is 10.5. The van der Waals surface area contributed by atoms with E-state index < -0.39 is 17.6 Å². The minimum atomic E-state index is -1.49. The van der Waals surface area contributed by atoms with E-state index in [2.05, 4.69) is 0 Å². The van der Waals surface area contributed by atoms with Crippen LogP contribution in [-0.2, 0) is 9.53 Å². The third-order valence-electron chi connectivity index (χ3n) is 2.42. The summed E-state index contributed by atoms with van der Waals surface area (Å²) < 4.78 is 5.14. The van der Waals surface area contributed by atoms with Crippen LogP contribution in [0.1, 0.15) is 19.3 Å². The Labute approximate surface area is 76.5 Å². The largest absolute Gasteiger partial charge is 0.479 e. The van der Waals surface area contributed by atoms with Crippen molar-refractivity contribution in [3.63, 3.8) is 0 Å². The van der Waals surface area contributed by atoms with Crippen LogP contribution in [0.5, 0.6) is 0 Å². The molecule has 2 atom stereocenters. The molecule has 1 aliphatic heterocycles. The van der Waals surface area contributed by atoms with E-state index in [9.17, 15) is 9.90 Å². The Kier molecular flexibility index (Phi) is 3.24. The molecule has 1 aliphatic rings. The lowest BCUT2D eigenvalue weighted by molar-refractivity contribution is -0.150. The molecule has 5 heteroatoms. The second-order valence-electron chi connectivity index (χ2n) is 3.44. The van der Waals surface area contributed by atoms with Crippen molar-refractivity contribution in [2.45, 2.75) is 30.9 Å². The number of hydrogen-bond acceptors (Lipinski definition) is 4. The molecule has 76 valence electrons. The van der Waals surface area contributed by atoms with E-state index in [1.807, 2.05) is 0 Å². The summed E-state index contributed by atoms with van der Waals surface area (Å²) in [6.07, 6.45) is 0.0797. The molecule has 4 N–H and O–H groups in total. The number of carboxylic acid groups (broad SMARTS) is 1. The van der Waals surface area contributed by atoms with Crippen LogP contribution in [0.25, 0.3) is 0 Å². The van der Waals surface area contributed by atoms with Gasteiger partial charge in [-0.25, -0.2) is 4.79 Å². The molecule has 0 spiro atoms. The van der Waals surface area contributed by atoms with Crippen LogP contribution in [0.4, 0.5) is 0 Å². The van der Waals surface area contributed by atoms with Gasteiger partial charge in [0.1, 0.15) is 0 Å². The van der Waals surface area contributed by atoms with Gasteiger partial charge in [-0.3, -0.25) is 0 Å². The molecule has 13 heavy (non-hydrogen) atoms. The van der Waals surface area contributed by atoms with Crippen molar-refractivity contribution < 1.29 is 19.7 Å². The van der Waals surface area contributed by atoms with Crippen LogP contribution in [0.15, 0.2) is 0 Å². The molecule has 5 nitrogen and oxygen atoms in total. The molecule has 0 aromatic heterocycles. The third-order valence-corrected chi connectivity index (χ3v) is 2.42. The second-order valence-corrected chi connectivity index (χ2v) is 3.44. The number of aliphatic hydroxyl groups excluding tert-OH is 1. The first kappa shape index (κ1) is 10.4. The minimum absolute atomic E-state index is 0.389. The minimum Gasteiger partial charge on any atom is -0.479 e. The number of nitrogens with two attached hydrogens (primary N) is 1. The van der Waals surface area contributed by atoms with Gasteiger partial charge in [-0.1, -0.05) is 0 Å². The van der Waals surface area contributed by atoms with Crippen molar-refractivity contribution in [3.05, 3.63) is 0 Å². The van der Waals surface area contributed by atoms with Gasteiger partial charge in [0, 0.05) is 13.2 Å². The molecule has 1 rings (SSSR count). The van der Waals surface area contributed by atoms with Crippen LogP contribution >= 0.6 is 0 Å². The summed E-state index contributed by atoms with van der Waals surface area (Å²) in [5.41, 5.74) is 4.77. The van der Waals surface area contributed by atoms with Crippen LogP contribution in [0.3, 0.4) is 0 Å². The number of aliphatic carboxylic acids is 1. The second kappa shape index (κ2) is 4.04. The predicted octanol–water partition coefficient (Wildman–Crippen LogP) is -0.670. The van der Waals surface area contributed by atoms with Crippen molar-refractivity contribution in [1.29, 1.82) is 0 Å². The van der Waals surface area contributed by atoms with Gasteiger partial charge in [-0.15, -0.1) is 0 Å². The molecule has 0 aromatic rings. The Morgan fingerprint density at radius 2 is 2.15 bits per heavy atom. The number of carbonyl (C=O) groups is 1. The lowest BCUT2D eigenvalue weighted by Crippen LogP contribution is -2.54. The molecule has 1 fully saturated rings. The molecule has 0 aromatic carbocycles. The van der Waals surface area contributed by atoms with Gasteiger partial charge >= 0.3 is 5.97 Å². The van der Waals surface area contributed by atoms with Crippen LogP contribution in [-0.4, -0.2) is 41.0 Å². The zero-order valence-electron chi connectivity index (χ0n) is 7.40. The molecule has 0 radical (unpaired) electrons. The number of rotatable bonds is 2. The molecule has 0 saturated carbocycles. The van der Waals surface area contributed by atoms with E-state index >= 15 is 0 Å². The summed E-state index contributed by atoms with van der Waals surface area (Å²) in [6.45, 7) is 1.01. The van der Waals surface area contributed by atoms with E-state index in [4.69, 9.17) is 15.6 Å². The summed E-state index contributed by atoms with van der Waals surface area (Å²) in [5.74, 6) is -1.26. The summed E-state index contributed by atoms with van der Waals surface area (Å²) in [5, 5.41) is 18.0. The first-order chi connectivity index (χ1) is 6.06. The highest BCUT2D eigenvalue weighted by Crippen LogP contribution is 2.22. The van der Waals surface area contributed by atoms with Crippen molar-refractivity contribution >= 4 is 5.97 Å². The number of carboxylic acids is 1. The molecular weight excluding hydrogens is 174 g/mol. The molecule has 0 bridgehead atoms. The van der Waals surface area contributed by atoms with Crippen LogP contribution in [0.2, 0.25) is 0 Å². The average Bonchev–Trinajstić information content (AvgIpc) is 2.29. The predicted molar refractivity (Wildman–Crippen MR) is 45.2 cm³/mol. The summed E-state index contributed by atoms with van der Waals surface area (Å²) in [6, 6.07) is 0. The van der Waals surface area contributed by atoms with Gasteiger partial charge in [0.25, 0.3) is 0 Å². The Morgan fingerprint density at radius 1 is 1.46 bits per heavy atom. The van der Waals surface area contributed by atoms with Crippen molar-refractivity contribution in [1.82, 2.24) is 0 Å². The molecule has 1 heterocycles. The van der Waals surface area contributed by atoms with Crippen molar-refractivity contribution in [3.8, 4) is 0 Å². The van der Waals surface area contributed by atoms with Gasteiger partial charge in [0.15, 0.2) is 6.10 Å². The highest BCUT2D eigenvalue weighted by atomic mass is 16.5. The van der Waals surface area contributed by atoms with Crippen LogP contribution in [0, 0.1) is 0 Å². The van der Waals surface area contributed by atoms with Gasteiger partial charge in [0.2, 0.25) is 0 Å². The summed E-state index contributed by atoms with van der Waals surface area (Å²) >= 11 is 0. The first-order valence-corrected chi connectivity index (χ1v) is 4.34. The molecule has 0 aliphatic carbocycles. The van der Waals surface area contributed by atoms with Crippen molar-refractivity contribution in [2.24, 2.45) is 5.73 Å². The zero-order chi connectivity index (χ0) is 9.90. The van der Waals surface area contributed by atoms with E-state index in [0.717, 1.165) is 0 Å². The topological polar surface area (TPSA) is 92.8 Å². The van der Waals surface area contributed by atoms with E-state index in [0.29, 0.717) is 32.5 Å². The Bertz CT molecular complexity index is 187. The fourth-order valence-corrected chi connectivity index (χ4v) is 1.51. The fraction of sp³-hybridized carbons (Fsp3) is 0.875. The van der Waals surface area contributed by atoms with E-state index in [-0.39, 0.29) is 0 Å². The summed E-state index contributed by atoms with van der Waals surface area (Å²) in [7, 11) is 0. The Morgan fingerprint density at radius 3 is 2.77 bits per heavy atom. The quantitative estimate of drug-likeness (QED) is 0.535. The van der Waals surface area contributed by atoms with Crippen LogP contribution < -0.4 is 5.73 Å². The normalized spacial score (nSPS) is 32.2. The van der Waals surface area contributed by atoms with Gasteiger partial charge in [-0.2, -0.15) is 0 Å². The highest BCUT2D eigenvalue weighted by molar-refractivity contribution is 5.73. The van der Waals surface area contributed by atoms with Crippen molar-refractivity contribution in [2.75, 3.05) is 13.2 Å². The van der Waals surface area contributed by atoms with Gasteiger partial charge in [0.05, 0.1) is 5.54 Å². The first-order valence-electron chi connectivity index (χ1n) is 4.34. The third kappa shape index (κ3) is 2.40. The van der Waals surface area contributed by atoms with E-state index in [1.54, 1.807) is 0 Å². The number of aliphatic hydroxyl groups is 1. The smallest absolute Gasteiger partial charge is 0.334 e. The maximum atomic E-state index is 10.5. The van der Waals surface area contributed by atoms with E-state index in [1.165, 1.54) is 0 Å². The SMILES string of the molecule is NC1(C(O)C(=O)O)CCCOCC1. The Balaban J connectivity index is 2.65. The zero-order valence-corrected chi connectivity index (χ0v) is 7.40. The molecule has 1 saturated heterocycles. The van der Waals surface area contributed by atoms with Gasteiger partial charge < -0.3 is 20.7 Å².